The minimum atomic E-state index is -1.04. The first kappa shape index (κ1) is 21.6. The Kier molecular flexibility index (Phi) is 5.64. The molecular weight excluding hydrogens is 445 g/mol. The van der Waals surface area contributed by atoms with Gasteiger partial charge in [0, 0.05) is 18.1 Å². The molecule has 7 nitrogen and oxygen atoms in total. The topological polar surface area (TPSA) is 93.2 Å². The van der Waals surface area contributed by atoms with Crippen molar-refractivity contribution in [1.82, 2.24) is 19.8 Å². The number of imidazole rings is 1. The van der Waals surface area contributed by atoms with E-state index >= 15 is 0 Å². The number of benzene rings is 2. The molecule has 0 saturated carbocycles. The maximum atomic E-state index is 14.7. The summed E-state index contributed by atoms with van der Waals surface area (Å²) in [6.45, 7) is 1.84. The third-order valence-electron chi connectivity index (χ3n) is 6.41. The summed E-state index contributed by atoms with van der Waals surface area (Å²) in [6, 6.07) is 10.3. The Labute approximate surface area is 195 Å². The Bertz CT molecular complexity index is 1230. The first-order chi connectivity index (χ1) is 16.0. The molecule has 1 aromatic heterocycles. The molecule has 2 aromatic carbocycles. The Morgan fingerprint density at radius 2 is 2.06 bits per heavy atom. The molecule has 0 fully saturated rings. The Morgan fingerprint density at radius 1 is 1.27 bits per heavy atom. The number of primary amides is 1. The van der Waals surface area contributed by atoms with Gasteiger partial charge in [-0.15, -0.1) is 0 Å². The lowest BCUT2D eigenvalue weighted by molar-refractivity contribution is -0.123. The number of halogens is 2. The molecule has 0 radical (unpaired) electrons. The van der Waals surface area contributed by atoms with Gasteiger partial charge in [0.2, 0.25) is 5.91 Å². The number of nitrogens with zero attached hydrogens (tertiary/aromatic N) is 3. The molecule has 9 heteroatoms. The minimum Gasteiger partial charge on any atom is -0.368 e. The van der Waals surface area contributed by atoms with Crippen LogP contribution < -0.4 is 11.1 Å². The summed E-state index contributed by atoms with van der Waals surface area (Å²) in [7, 11) is 0. The van der Waals surface area contributed by atoms with E-state index in [2.05, 4.69) is 10.3 Å². The van der Waals surface area contributed by atoms with Crippen LogP contribution in [0.1, 0.15) is 51.5 Å². The third kappa shape index (κ3) is 3.79. The highest BCUT2D eigenvalue weighted by Crippen LogP contribution is 2.43. The standard InChI is InChI=1S/C24H23ClFN5O2/c25-15-10-17-16(18(26)11-15)6-7-19(17)31(22(23(27)32)14-4-2-1-3-5-14)24(33)20-12-29-21-13-28-8-9-30(20)21/h1-5,10-12,19,22,28H,6-9,13H2,(H2,27,32)/t19-,22?/m1/s1. The third-order valence-corrected chi connectivity index (χ3v) is 6.63. The zero-order valence-corrected chi connectivity index (χ0v) is 18.6. The molecule has 0 spiro atoms. The summed E-state index contributed by atoms with van der Waals surface area (Å²) in [5.41, 5.74) is 7.97. The van der Waals surface area contributed by atoms with Crippen molar-refractivity contribution in [2.75, 3.05) is 6.54 Å². The molecule has 2 aliphatic rings. The van der Waals surface area contributed by atoms with Gasteiger partial charge in [-0.1, -0.05) is 41.9 Å². The van der Waals surface area contributed by atoms with E-state index in [9.17, 15) is 14.0 Å². The van der Waals surface area contributed by atoms with Crippen LogP contribution in [0.25, 0.3) is 0 Å². The Morgan fingerprint density at radius 3 is 2.82 bits per heavy atom. The van der Waals surface area contributed by atoms with E-state index < -0.39 is 23.8 Å². The maximum absolute atomic E-state index is 14.7. The fourth-order valence-electron chi connectivity index (χ4n) is 4.94. The van der Waals surface area contributed by atoms with Crippen molar-refractivity contribution in [3.63, 3.8) is 0 Å². The van der Waals surface area contributed by atoms with E-state index in [1.165, 1.54) is 17.2 Å². The molecule has 0 saturated heterocycles. The van der Waals surface area contributed by atoms with E-state index in [1.54, 1.807) is 30.3 Å². The average molecular weight is 468 g/mol. The SMILES string of the molecule is NC(=O)C(c1ccccc1)N(C(=O)c1cnc2n1CCNC2)[C@@H]1CCc2c(F)cc(Cl)cc21. The number of amides is 2. The quantitative estimate of drug-likeness (QED) is 0.603. The smallest absolute Gasteiger partial charge is 0.273 e. The predicted octanol–water partition coefficient (Wildman–Crippen LogP) is 3.14. The van der Waals surface area contributed by atoms with Gasteiger partial charge in [0.1, 0.15) is 23.4 Å². The zero-order chi connectivity index (χ0) is 23.1. The van der Waals surface area contributed by atoms with Crippen LogP contribution in [-0.4, -0.2) is 32.8 Å². The largest absolute Gasteiger partial charge is 0.368 e. The highest BCUT2D eigenvalue weighted by Gasteiger charge is 2.41. The molecule has 2 heterocycles. The van der Waals surface area contributed by atoms with Crippen molar-refractivity contribution in [3.05, 3.63) is 87.7 Å². The van der Waals surface area contributed by atoms with Crippen LogP contribution in [0.3, 0.4) is 0 Å². The molecular formula is C24H23ClFN5O2. The molecule has 33 heavy (non-hydrogen) atoms. The number of carbonyl (C=O) groups is 2. The number of carbonyl (C=O) groups excluding carboxylic acids is 2. The number of hydrogen-bond donors (Lipinski definition) is 2. The molecule has 1 aliphatic heterocycles. The maximum Gasteiger partial charge on any atom is 0.273 e. The van der Waals surface area contributed by atoms with E-state index in [0.29, 0.717) is 54.9 Å². The molecule has 2 atom stereocenters. The zero-order valence-electron chi connectivity index (χ0n) is 17.8. The fourth-order valence-corrected chi connectivity index (χ4v) is 5.16. The lowest BCUT2D eigenvalue weighted by atomic mass is 9.98. The van der Waals surface area contributed by atoms with E-state index in [0.717, 1.165) is 5.82 Å². The van der Waals surface area contributed by atoms with Crippen LogP contribution in [0.5, 0.6) is 0 Å². The van der Waals surface area contributed by atoms with Crippen molar-refractivity contribution < 1.29 is 14.0 Å². The van der Waals surface area contributed by atoms with E-state index in [-0.39, 0.29) is 10.9 Å². The monoisotopic (exact) mass is 467 g/mol. The van der Waals surface area contributed by atoms with Crippen molar-refractivity contribution in [2.24, 2.45) is 5.73 Å². The molecule has 2 amide bonds. The van der Waals surface area contributed by atoms with Crippen molar-refractivity contribution in [2.45, 2.75) is 38.0 Å². The Hall–Kier alpha value is -3.23. The number of nitrogens with two attached hydrogens (primary N) is 1. The van der Waals surface area contributed by atoms with Crippen LogP contribution in [0.15, 0.2) is 48.7 Å². The number of fused-ring (bicyclic) bond motifs is 2. The summed E-state index contributed by atoms with van der Waals surface area (Å²) in [6.07, 6.45) is 2.42. The lowest BCUT2D eigenvalue weighted by Gasteiger charge is -2.36. The fraction of sp³-hybridized carbons (Fsp3) is 0.292. The van der Waals surface area contributed by atoms with Crippen molar-refractivity contribution in [1.29, 1.82) is 0 Å². The van der Waals surface area contributed by atoms with Crippen molar-refractivity contribution >= 4 is 23.4 Å². The average Bonchev–Trinajstić information content (AvgIpc) is 3.42. The highest BCUT2D eigenvalue weighted by atomic mass is 35.5. The van der Waals surface area contributed by atoms with Gasteiger partial charge in [0.25, 0.3) is 5.91 Å². The van der Waals surface area contributed by atoms with Gasteiger partial charge in [-0.3, -0.25) is 9.59 Å². The van der Waals surface area contributed by atoms with E-state index in [1.807, 2.05) is 10.6 Å². The summed E-state index contributed by atoms with van der Waals surface area (Å²) in [4.78, 5) is 32.8. The van der Waals surface area contributed by atoms with Gasteiger partial charge in [-0.25, -0.2) is 9.37 Å². The van der Waals surface area contributed by atoms with Crippen LogP contribution in [-0.2, 0) is 24.3 Å². The highest BCUT2D eigenvalue weighted by molar-refractivity contribution is 6.30. The summed E-state index contributed by atoms with van der Waals surface area (Å²) in [5, 5.41) is 3.48. The first-order valence-electron chi connectivity index (χ1n) is 10.9. The second-order valence-electron chi connectivity index (χ2n) is 8.33. The summed E-state index contributed by atoms with van der Waals surface area (Å²) >= 11 is 6.18. The molecule has 3 aromatic rings. The number of hydrogen-bond acceptors (Lipinski definition) is 4. The predicted molar refractivity (Wildman–Crippen MR) is 121 cm³/mol. The minimum absolute atomic E-state index is 0.244. The summed E-state index contributed by atoms with van der Waals surface area (Å²) < 4.78 is 16.5. The second kappa shape index (κ2) is 8.61. The molecule has 170 valence electrons. The van der Waals surface area contributed by atoms with Gasteiger partial charge in [-0.05, 0) is 41.7 Å². The molecule has 3 N–H and O–H groups in total. The summed E-state index contributed by atoms with van der Waals surface area (Å²) in [5.74, 6) is -0.691. The van der Waals surface area contributed by atoms with Gasteiger partial charge in [-0.2, -0.15) is 0 Å². The van der Waals surface area contributed by atoms with Gasteiger partial charge in [0.15, 0.2) is 0 Å². The lowest BCUT2D eigenvalue weighted by Crippen LogP contribution is -2.44. The van der Waals surface area contributed by atoms with Gasteiger partial charge >= 0.3 is 0 Å². The van der Waals surface area contributed by atoms with Gasteiger partial charge < -0.3 is 20.5 Å². The second-order valence-corrected chi connectivity index (χ2v) is 8.76. The Balaban J connectivity index is 1.66. The molecule has 1 aliphatic carbocycles. The first-order valence-corrected chi connectivity index (χ1v) is 11.2. The molecule has 5 rings (SSSR count). The number of aromatic nitrogens is 2. The number of rotatable bonds is 5. The number of nitrogens with one attached hydrogen (secondary N) is 1. The van der Waals surface area contributed by atoms with Crippen LogP contribution >= 0.6 is 11.6 Å². The van der Waals surface area contributed by atoms with Crippen LogP contribution in [0.2, 0.25) is 5.02 Å². The van der Waals surface area contributed by atoms with Gasteiger partial charge in [0.05, 0.1) is 18.8 Å². The van der Waals surface area contributed by atoms with E-state index in [4.69, 9.17) is 17.3 Å². The molecule has 1 unspecified atom stereocenters. The van der Waals surface area contributed by atoms with Crippen LogP contribution in [0, 0.1) is 5.82 Å². The normalized spacial score (nSPS) is 17.8. The van der Waals surface area contributed by atoms with Crippen molar-refractivity contribution in [3.8, 4) is 0 Å². The molecule has 0 bridgehead atoms. The van der Waals surface area contributed by atoms with Crippen LogP contribution in [0.4, 0.5) is 4.39 Å².